The molecule has 3 heterocycles. The van der Waals surface area contributed by atoms with E-state index in [1.807, 2.05) is 23.6 Å². The lowest BCUT2D eigenvalue weighted by atomic mass is 9.78. The number of carbonyl (C=O) groups is 1. The van der Waals surface area contributed by atoms with E-state index >= 15 is 0 Å². The van der Waals surface area contributed by atoms with Crippen LogP contribution < -0.4 is 10.6 Å². The molecule has 27 heavy (non-hydrogen) atoms. The number of halogens is 2. The minimum atomic E-state index is -0.401. The minimum absolute atomic E-state index is 0. The zero-order valence-electron chi connectivity index (χ0n) is 15.3. The van der Waals surface area contributed by atoms with E-state index in [4.69, 9.17) is 4.74 Å². The summed E-state index contributed by atoms with van der Waals surface area (Å²) in [5.41, 5.74) is 1.37. The van der Waals surface area contributed by atoms with Crippen LogP contribution >= 0.6 is 36.2 Å². The molecule has 0 bridgehead atoms. The standard InChI is InChI=1S/C18H24N4O2S.2ClH/c1-24-13-18(6-10-19-11-7-18)17(23)21-9-5-16-22-15(12-25-16)14-4-2-3-8-20-14;;/h2-4,8,12,19H,5-7,9-11,13H2,1H3,(H,21,23);2*1H. The molecule has 0 unspecified atom stereocenters. The van der Waals surface area contributed by atoms with Crippen molar-refractivity contribution in [1.82, 2.24) is 20.6 Å². The first-order valence-electron chi connectivity index (χ1n) is 8.57. The van der Waals surface area contributed by atoms with E-state index in [1.54, 1.807) is 24.6 Å². The predicted molar refractivity (Wildman–Crippen MR) is 113 cm³/mol. The Hall–Kier alpha value is -1.25. The molecule has 3 rings (SSSR count). The third kappa shape index (κ3) is 6.12. The van der Waals surface area contributed by atoms with E-state index in [1.165, 1.54) is 0 Å². The van der Waals surface area contributed by atoms with Gasteiger partial charge < -0.3 is 15.4 Å². The molecular weight excluding hydrogens is 407 g/mol. The molecule has 0 aliphatic carbocycles. The van der Waals surface area contributed by atoms with Crippen LogP contribution in [-0.4, -0.2) is 49.2 Å². The second-order valence-electron chi connectivity index (χ2n) is 6.31. The highest BCUT2D eigenvalue weighted by molar-refractivity contribution is 7.09. The van der Waals surface area contributed by atoms with Gasteiger partial charge >= 0.3 is 0 Å². The number of nitrogens with zero attached hydrogens (tertiary/aromatic N) is 2. The number of aromatic nitrogens is 2. The number of nitrogens with one attached hydrogen (secondary N) is 2. The molecule has 2 N–H and O–H groups in total. The molecule has 9 heteroatoms. The van der Waals surface area contributed by atoms with Crippen LogP contribution in [-0.2, 0) is 16.0 Å². The maximum atomic E-state index is 12.7. The lowest BCUT2D eigenvalue weighted by molar-refractivity contribution is -0.136. The van der Waals surface area contributed by atoms with Gasteiger partial charge in [-0.15, -0.1) is 36.2 Å². The Morgan fingerprint density at radius 3 is 2.74 bits per heavy atom. The van der Waals surface area contributed by atoms with Crippen LogP contribution in [0.2, 0.25) is 0 Å². The van der Waals surface area contributed by atoms with Gasteiger partial charge in [0.05, 0.1) is 28.4 Å². The Balaban J connectivity index is 0.00000182. The van der Waals surface area contributed by atoms with Crippen molar-refractivity contribution in [3.8, 4) is 11.4 Å². The Morgan fingerprint density at radius 2 is 2.07 bits per heavy atom. The summed E-state index contributed by atoms with van der Waals surface area (Å²) >= 11 is 1.60. The third-order valence-corrected chi connectivity index (χ3v) is 5.48. The Bertz CT molecular complexity index is 688. The van der Waals surface area contributed by atoms with Crippen molar-refractivity contribution in [2.45, 2.75) is 19.3 Å². The molecule has 0 spiro atoms. The fourth-order valence-corrected chi connectivity index (χ4v) is 3.94. The molecule has 150 valence electrons. The van der Waals surface area contributed by atoms with Gasteiger partial charge in [-0.2, -0.15) is 0 Å². The van der Waals surface area contributed by atoms with E-state index in [2.05, 4.69) is 20.6 Å². The molecule has 1 aliphatic heterocycles. The molecule has 1 fully saturated rings. The van der Waals surface area contributed by atoms with E-state index in [0.717, 1.165) is 48.7 Å². The molecule has 2 aromatic rings. The van der Waals surface area contributed by atoms with Crippen LogP contribution in [0.15, 0.2) is 29.8 Å². The molecule has 0 radical (unpaired) electrons. The van der Waals surface area contributed by atoms with Crippen molar-refractivity contribution in [2.75, 3.05) is 33.4 Å². The fraction of sp³-hybridized carbons (Fsp3) is 0.500. The lowest BCUT2D eigenvalue weighted by Crippen LogP contribution is -2.50. The van der Waals surface area contributed by atoms with Crippen LogP contribution in [0, 0.1) is 5.41 Å². The molecule has 6 nitrogen and oxygen atoms in total. The quantitative estimate of drug-likeness (QED) is 0.703. The maximum Gasteiger partial charge on any atom is 0.228 e. The van der Waals surface area contributed by atoms with Crippen molar-refractivity contribution >= 4 is 42.1 Å². The number of hydrogen-bond acceptors (Lipinski definition) is 6. The smallest absolute Gasteiger partial charge is 0.228 e. The normalized spacial score (nSPS) is 15.3. The average Bonchev–Trinajstić information content (AvgIpc) is 3.12. The van der Waals surface area contributed by atoms with Crippen LogP contribution in [0.5, 0.6) is 0 Å². The second-order valence-corrected chi connectivity index (χ2v) is 7.25. The van der Waals surface area contributed by atoms with Gasteiger partial charge in [0.2, 0.25) is 5.91 Å². The van der Waals surface area contributed by atoms with Gasteiger partial charge in [0.25, 0.3) is 0 Å². The summed E-state index contributed by atoms with van der Waals surface area (Å²) in [6.07, 6.45) is 4.12. The summed E-state index contributed by atoms with van der Waals surface area (Å²) in [4.78, 5) is 21.6. The Labute approximate surface area is 176 Å². The highest BCUT2D eigenvalue weighted by Gasteiger charge is 2.39. The molecule has 0 aromatic carbocycles. The van der Waals surface area contributed by atoms with E-state index in [-0.39, 0.29) is 30.7 Å². The van der Waals surface area contributed by atoms with Crippen molar-refractivity contribution in [3.05, 3.63) is 34.8 Å². The Morgan fingerprint density at radius 1 is 1.30 bits per heavy atom. The van der Waals surface area contributed by atoms with Crippen molar-refractivity contribution in [3.63, 3.8) is 0 Å². The van der Waals surface area contributed by atoms with Crippen molar-refractivity contribution in [2.24, 2.45) is 5.41 Å². The minimum Gasteiger partial charge on any atom is -0.384 e. The van der Waals surface area contributed by atoms with Gasteiger partial charge in [0.1, 0.15) is 0 Å². The van der Waals surface area contributed by atoms with Gasteiger partial charge in [-0.05, 0) is 38.1 Å². The first-order valence-corrected chi connectivity index (χ1v) is 9.45. The zero-order valence-corrected chi connectivity index (χ0v) is 17.7. The molecular formula is C18H26Cl2N4O2S. The Kier molecular flexibility index (Phi) is 10.2. The molecule has 2 aromatic heterocycles. The average molecular weight is 433 g/mol. The number of hydrogen-bond donors (Lipinski definition) is 2. The second kappa shape index (κ2) is 11.6. The van der Waals surface area contributed by atoms with Gasteiger partial charge in [0, 0.05) is 31.7 Å². The number of thiazole rings is 1. The third-order valence-electron chi connectivity index (χ3n) is 4.57. The monoisotopic (exact) mass is 432 g/mol. The summed E-state index contributed by atoms with van der Waals surface area (Å²) in [6.45, 7) is 2.78. The summed E-state index contributed by atoms with van der Waals surface area (Å²) in [7, 11) is 1.66. The van der Waals surface area contributed by atoms with Crippen molar-refractivity contribution in [1.29, 1.82) is 0 Å². The maximum absolute atomic E-state index is 12.7. The molecule has 0 atom stereocenters. The van der Waals surface area contributed by atoms with Crippen LogP contribution in [0.4, 0.5) is 0 Å². The van der Waals surface area contributed by atoms with E-state index in [0.29, 0.717) is 13.2 Å². The first kappa shape index (κ1) is 23.8. The summed E-state index contributed by atoms with van der Waals surface area (Å²) in [6, 6.07) is 5.80. The molecule has 1 saturated heterocycles. The van der Waals surface area contributed by atoms with Gasteiger partial charge in [0.15, 0.2) is 0 Å². The van der Waals surface area contributed by atoms with Crippen LogP contribution in [0.3, 0.4) is 0 Å². The summed E-state index contributed by atoms with van der Waals surface area (Å²) in [5, 5.41) is 9.40. The zero-order chi connectivity index (χ0) is 17.5. The summed E-state index contributed by atoms with van der Waals surface area (Å²) < 4.78 is 5.32. The van der Waals surface area contributed by atoms with Crippen LogP contribution in [0.1, 0.15) is 17.8 Å². The van der Waals surface area contributed by atoms with Gasteiger partial charge in [-0.3, -0.25) is 9.78 Å². The SMILES string of the molecule is COCC1(C(=O)NCCc2nc(-c3ccccn3)cs2)CCNCC1.Cl.Cl. The number of rotatable bonds is 7. The fourth-order valence-electron chi connectivity index (χ4n) is 3.15. The van der Waals surface area contributed by atoms with Gasteiger partial charge in [-0.25, -0.2) is 4.98 Å². The van der Waals surface area contributed by atoms with Gasteiger partial charge in [-0.1, -0.05) is 6.07 Å². The summed E-state index contributed by atoms with van der Waals surface area (Å²) in [5.74, 6) is 0.0948. The molecule has 1 aliphatic rings. The topological polar surface area (TPSA) is 76.1 Å². The van der Waals surface area contributed by atoms with Crippen molar-refractivity contribution < 1.29 is 9.53 Å². The first-order chi connectivity index (χ1) is 12.2. The number of carbonyl (C=O) groups excluding carboxylic acids is 1. The largest absolute Gasteiger partial charge is 0.384 e. The number of amides is 1. The highest BCUT2D eigenvalue weighted by atomic mass is 35.5. The lowest BCUT2D eigenvalue weighted by Gasteiger charge is -2.35. The number of piperidine rings is 1. The van der Waals surface area contributed by atoms with Crippen LogP contribution in [0.25, 0.3) is 11.4 Å². The predicted octanol–water partition coefficient (Wildman–Crippen LogP) is 2.72. The molecule has 0 saturated carbocycles. The highest BCUT2D eigenvalue weighted by Crippen LogP contribution is 2.29. The number of methoxy groups -OCH3 is 1. The van der Waals surface area contributed by atoms with E-state index < -0.39 is 5.41 Å². The number of pyridine rings is 1. The number of ether oxygens (including phenoxy) is 1. The molecule has 1 amide bonds. The van der Waals surface area contributed by atoms with E-state index in [9.17, 15) is 4.79 Å².